The predicted octanol–water partition coefficient (Wildman–Crippen LogP) is 4.08. The molecule has 0 radical (unpaired) electrons. The summed E-state index contributed by atoms with van der Waals surface area (Å²) in [5.74, 6) is 0.464. The van der Waals surface area contributed by atoms with Gasteiger partial charge >= 0.3 is 6.03 Å². The number of likely N-dealkylation sites (N-methyl/N-ethyl adjacent to an activating group) is 1. The summed E-state index contributed by atoms with van der Waals surface area (Å²) >= 11 is 6.64. The molecule has 3 aliphatic rings. The third kappa shape index (κ3) is 4.71. The highest BCUT2D eigenvalue weighted by Gasteiger charge is 2.35. The summed E-state index contributed by atoms with van der Waals surface area (Å²) in [6.45, 7) is 2.64. The maximum Gasteiger partial charge on any atom is 0.333 e. The number of aryl methyl sites for hydroxylation is 1. The fourth-order valence-electron chi connectivity index (χ4n) is 5.72. The van der Waals surface area contributed by atoms with Crippen molar-refractivity contribution in [3.63, 3.8) is 0 Å². The van der Waals surface area contributed by atoms with Crippen molar-refractivity contribution in [1.29, 1.82) is 0 Å². The highest BCUT2D eigenvalue weighted by atomic mass is 35.5. The minimum atomic E-state index is -4.20. The molecule has 1 saturated carbocycles. The first-order valence-electron chi connectivity index (χ1n) is 12.3. The molecule has 8 nitrogen and oxygen atoms in total. The van der Waals surface area contributed by atoms with Gasteiger partial charge in [-0.05, 0) is 94.0 Å². The molecule has 5 rings (SSSR count). The summed E-state index contributed by atoms with van der Waals surface area (Å²) in [7, 11) is -2.32. The molecule has 0 aliphatic heterocycles. The van der Waals surface area contributed by atoms with Crippen molar-refractivity contribution < 1.29 is 22.7 Å². The Bertz CT molecular complexity index is 1250. The number of carbonyl (C=O) groups excluding carboxylic acids is 1. The molecule has 3 N–H and O–H groups in total. The summed E-state index contributed by atoms with van der Waals surface area (Å²) in [6.07, 6.45) is 7.88. The number of benzene rings is 1. The van der Waals surface area contributed by atoms with Gasteiger partial charge in [0.2, 0.25) is 5.09 Å². The fourth-order valence-corrected chi connectivity index (χ4v) is 7.07. The molecular formula is C25H32ClN3O5S. The zero-order valence-corrected chi connectivity index (χ0v) is 21.7. The normalized spacial score (nSPS) is 18.3. The van der Waals surface area contributed by atoms with Gasteiger partial charge in [-0.3, -0.25) is 4.90 Å². The van der Waals surface area contributed by atoms with Gasteiger partial charge in [-0.25, -0.2) is 9.52 Å². The number of sulfonamides is 1. The lowest BCUT2D eigenvalue weighted by molar-refractivity contribution is -0.0556. The first-order chi connectivity index (χ1) is 16.6. The van der Waals surface area contributed by atoms with Crippen molar-refractivity contribution in [3.05, 3.63) is 44.7 Å². The Morgan fingerprint density at radius 2 is 1.71 bits per heavy atom. The van der Waals surface area contributed by atoms with Crippen LogP contribution in [0.1, 0.15) is 65.7 Å². The lowest BCUT2D eigenvalue weighted by atomic mass is 9.80. The molecule has 0 atom stereocenters. The second-order valence-electron chi connectivity index (χ2n) is 10.3. The van der Waals surface area contributed by atoms with E-state index >= 15 is 0 Å². The van der Waals surface area contributed by atoms with Crippen LogP contribution < -0.4 is 10.0 Å². The lowest BCUT2D eigenvalue weighted by Crippen LogP contribution is -2.46. The number of carbonyl (C=O) groups is 1. The van der Waals surface area contributed by atoms with Gasteiger partial charge in [-0.15, -0.1) is 0 Å². The quantitative estimate of drug-likeness (QED) is 0.506. The molecule has 0 unspecified atom stereocenters. The third-order valence-electron chi connectivity index (χ3n) is 7.59. The first-order valence-corrected chi connectivity index (χ1v) is 14.1. The van der Waals surface area contributed by atoms with Gasteiger partial charge in [0.15, 0.2) is 0 Å². The van der Waals surface area contributed by atoms with E-state index in [2.05, 4.69) is 10.0 Å². The van der Waals surface area contributed by atoms with E-state index in [0.29, 0.717) is 30.1 Å². The molecule has 0 spiro atoms. The summed E-state index contributed by atoms with van der Waals surface area (Å²) in [6, 6.07) is 0.639. The summed E-state index contributed by atoms with van der Waals surface area (Å²) in [5, 5.41) is 13.7. The number of amides is 2. The Morgan fingerprint density at radius 3 is 2.29 bits per heavy atom. The van der Waals surface area contributed by atoms with Crippen LogP contribution in [0.25, 0.3) is 0 Å². The molecule has 1 aromatic carbocycles. The van der Waals surface area contributed by atoms with Crippen LogP contribution in [-0.2, 0) is 42.3 Å². The van der Waals surface area contributed by atoms with Crippen molar-refractivity contribution in [2.45, 2.75) is 81.9 Å². The van der Waals surface area contributed by atoms with Crippen LogP contribution in [0.4, 0.5) is 10.5 Å². The average Bonchev–Trinajstić information content (AvgIpc) is 3.50. The van der Waals surface area contributed by atoms with Gasteiger partial charge in [0.1, 0.15) is 5.76 Å². The van der Waals surface area contributed by atoms with E-state index in [-0.39, 0.29) is 5.09 Å². The Morgan fingerprint density at radius 1 is 1.11 bits per heavy atom. The number of fused-ring (bicyclic) bond motifs is 2. The van der Waals surface area contributed by atoms with E-state index in [1.54, 1.807) is 6.92 Å². The molecule has 2 amide bonds. The number of hydrogen-bond donors (Lipinski definition) is 3. The Kier molecular flexibility index (Phi) is 6.40. The molecule has 3 aliphatic carbocycles. The first kappa shape index (κ1) is 24.6. The van der Waals surface area contributed by atoms with Gasteiger partial charge < -0.3 is 14.8 Å². The zero-order chi connectivity index (χ0) is 25.0. The smallest absolute Gasteiger partial charge is 0.333 e. The second kappa shape index (κ2) is 9.10. The fraction of sp³-hybridized carbons (Fsp3) is 0.560. The number of aliphatic hydroxyl groups is 1. The summed E-state index contributed by atoms with van der Waals surface area (Å²) in [4.78, 5) is 14.8. The Labute approximate surface area is 211 Å². The number of nitrogens with zero attached hydrogens (tertiary/aromatic N) is 1. The predicted molar refractivity (Wildman–Crippen MR) is 133 cm³/mol. The van der Waals surface area contributed by atoms with Crippen LogP contribution in [0, 0.1) is 6.92 Å². The van der Waals surface area contributed by atoms with Gasteiger partial charge in [0.05, 0.1) is 5.60 Å². The van der Waals surface area contributed by atoms with E-state index in [9.17, 15) is 18.3 Å². The average molecular weight is 522 g/mol. The molecule has 35 heavy (non-hydrogen) atoms. The monoisotopic (exact) mass is 521 g/mol. The standard InChI is InChI=1S/C25H32ClN3O5S/c1-15-16(13-29(2)14-25(31)10-5-11-25)12-21(34-15)35(32,33)28-24(30)27-23-19-8-3-6-17(19)22(26)18-7-4-9-20(18)23/h12,31H,3-11,13-14H2,1-2H3,(H2,27,28,30). The van der Waals surface area contributed by atoms with Crippen LogP contribution in [0.3, 0.4) is 0 Å². The molecule has 1 aromatic heterocycles. The zero-order valence-electron chi connectivity index (χ0n) is 20.2. The van der Waals surface area contributed by atoms with Gasteiger partial charge in [0, 0.05) is 35.4 Å². The van der Waals surface area contributed by atoms with Gasteiger partial charge in [-0.1, -0.05) is 11.6 Å². The number of rotatable bonds is 7. The third-order valence-corrected chi connectivity index (χ3v) is 9.23. The maximum atomic E-state index is 12.9. The minimum Gasteiger partial charge on any atom is -0.448 e. The number of anilines is 1. The molecule has 10 heteroatoms. The number of hydrogen-bond acceptors (Lipinski definition) is 6. The summed E-state index contributed by atoms with van der Waals surface area (Å²) < 4.78 is 33.5. The van der Waals surface area contributed by atoms with E-state index in [4.69, 9.17) is 16.0 Å². The number of urea groups is 1. The topological polar surface area (TPSA) is 112 Å². The van der Waals surface area contributed by atoms with E-state index in [1.807, 2.05) is 11.9 Å². The highest BCUT2D eigenvalue weighted by Crippen LogP contribution is 2.44. The van der Waals surface area contributed by atoms with Gasteiger partial charge in [-0.2, -0.15) is 8.42 Å². The van der Waals surface area contributed by atoms with Crippen molar-refractivity contribution in [2.24, 2.45) is 0 Å². The van der Waals surface area contributed by atoms with Crippen molar-refractivity contribution in [2.75, 3.05) is 18.9 Å². The Hall–Kier alpha value is -2.07. The lowest BCUT2D eigenvalue weighted by Gasteiger charge is -2.39. The Balaban J connectivity index is 1.30. The molecule has 0 bridgehead atoms. The molecular weight excluding hydrogens is 490 g/mol. The van der Waals surface area contributed by atoms with Crippen molar-refractivity contribution in [3.8, 4) is 0 Å². The highest BCUT2D eigenvalue weighted by molar-refractivity contribution is 7.89. The number of nitrogens with one attached hydrogen (secondary N) is 2. The molecule has 2 aromatic rings. The van der Waals surface area contributed by atoms with Crippen molar-refractivity contribution in [1.82, 2.24) is 9.62 Å². The van der Waals surface area contributed by atoms with Crippen LogP contribution in [0.5, 0.6) is 0 Å². The molecule has 190 valence electrons. The van der Waals surface area contributed by atoms with E-state index < -0.39 is 21.7 Å². The van der Waals surface area contributed by atoms with E-state index in [1.165, 1.54) is 6.07 Å². The second-order valence-corrected chi connectivity index (χ2v) is 12.3. The van der Waals surface area contributed by atoms with Crippen molar-refractivity contribution >= 4 is 33.3 Å². The minimum absolute atomic E-state index is 0.303. The summed E-state index contributed by atoms with van der Waals surface area (Å²) in [5.41, 5.74) is 4.95. The number of furan rings is 1. The van der Waals surface area contributed by atoms with Crippen LogP contribution >= 0.6 is 11.6 Å². The maximum absolute atomic E-state index is 12.9. The number of halogens is 1. The van der Waals surface area contributed by atoms with Crippen LogP contribution in [0.2, 0.25) is 5.02 Å². The largest absolute Gasteiger partial charge is 0.448 e. The SMILES string of the molecule is Cc1oc(S(=O)(=O)NC(=O)Nc2c3c(c(Cl)c4c2CCC4)CCC3)cc1CN(C)CC1(O)CCC1. The molecule has 1 fully saturated rings. The molecule has 0 saturated heterocycles. The molecule has 1 heterocycles. The van der Waals surface area contributed by atoms with E-state index in [0.717, 1.165) is 85.1 Å². The van der Waals surface area contributed by atoms with Crippen LogP contribution in [-0.4, -0.2) is 43.6 Å². The van der Waals surface area contributed by atoms with Gasteiger partial charge in [0.25, 0.3) is 10.0 Å². The van der Waals surface area contributed by atoms with Crippen LogP contribution in [0.15, 0.2) is 15.6 Å².